The SMILES string of the molecule is CC(C)c1cccc(C(C)C)c1N=C(c1ccccc1)N(c1c(C(C)C)cccc1C(C)C)/[Si](=N/[Si](C)(C)C)N(C)C. The summed E-state index contributed by atoms with van der Waals surface area (Å²) in [7, 11) is 0.933. The van der Waals surface area contributed by atoms with E-state index in [1.165, 1.54) is 27.9 Å². The molecule has 6 heteroatoms. The molecule has 4 nitrogen and oxygen atoms in total. The van der Waals surface area contributed by atoms with E-state index in [4.69, 9.17) is 9.29 Å². The van der Waals surface area contributed by atoms with E-state index in [1.807, 2.05) is 0 Å². The highest BCUT2D eigenvalue weighted by Gasteiger charge is 2.32. The van der Waals surface area contributed by atoms with Crippen LogP contribution in [0.4, 0.5) is 11.4 Å². The third-order valence-electron chi connectivity index (χ3n) is 7.41. The molecule has 3 aromatic carbocycles. The Morgan fingerprint density at radius 3 is 1.43 bits per heavy atom. The Kier molecular flexibility index (Phi) is 11.3. The van der Waals surface area contributed by atoms with E-state index in [9.17, 15) is 0 Å². The lowest BCUT2D eigenvalue weighted by molar-refractivity contribution is 0.647. The molecular weight excluding hydrogens is 545 g/mol. The van der Waals surface area contributed by atoms with Gasteiger partial charge in [0.1, 0.15) is 5.84 Å². The molecule has 0 amide bonds. The molecule has 0 fully saturated rings. The van der Waals surface area contributed by atoms with Crippen molar-refractivity contribution in [2.24, 2.45) is 9.29 Å². The summed E-state index contributed by atoms with van der Waals surface area (Å²) in [5, 5.41) is 0. The quantitative estimate of drug-likeness (QED) is 0.132. The smallest absolute Gasteiger partial charge is 0.369 e. The molecule has 0 aliphatic heterocycles. The summed E-state index contributed by atoms with van der Waals surface area (Å²) in [6.07, 6.45) is 0. The molecule has 3 aromatic rings. The number of rotatable bonds is 10. The normalized spacial score (nSPS) is 13.1. The van der Waals surface area contributed by atoms with E-state index in [1.54, 1.807) is 0 Å². The first-order chi connectivity index (χ1) is 19.6. The molecule has 0 saturated carbocycles. The standard InChI is InChI=1S/C36H54N4Si2/c1-25(2)30-21-17-22-31(26(3)4)34(30)37-36(29-19-15-14-16-20-29)40(41(39(9)10)38-42(11,12)13)35-32(27(5)6)23-18-24-33(35)28(7)8/h14-28H,1-13H3/b37-36?,41-38+. The van der Waals surface area contributed by atoms with Gasteiger partial charge in [0.15, 0.2) is 8.24 Å². The fourth-order valence-electron chi connectivity index (χ4n) is 5.30. The topological polar surface area (TPSA) is 31.2 Å². The summed E-state index contributed by atoms with van der Waals surface area (Å²) < 4.78 is 10.6. The van der Waals surface area contributed by atoms with Crippen LogP contribution in [0.2, 0.25) is 19.6 Å². The van der Waals surface area contributed by atoms with Gasteiger partial charge < -0.3 is 13.4 Å². The van der Waals surface area contributed by atoms with Crippen LogP contribution in [0, 0.1) is 0 Å². The average molecular weight is 599 g/mol. The second-order valence-electron chi connectivity index (χ2n) is 13.8. The number of para-hydroxylation sites is 2. The lowest BCUT2D eigenvalue weighted by Gasteiger charge is -2.36. The van der Waals surface area contributed by atoms with Crippen molar-refractivity contribution < 1.29 is 0 Å². The van der Waals surface area contributed by atoms with E-state index in [2.05, 4.69) is 165 Å². The van der Waals surface area contributed by atoms with Crippen molar-refractivity contribution in [3.05, 3.63) is 94.5 Å². The summed E-state index contributed by atoms with van der Waals surface area (Å²) >= 11 is 0. The molecule has 0 unspecified atom stereocenters. The number of aliphatic imine (C=N–C) groups is 1. The van der Waals surface area contributed by atoms with Crippen molar-refractivity contribution >= 4 is 34.4 Å². The van der Waals surface area contributed by atoms with Crippen LogP contribution in [0.25, 0.3) is 0 Å². The highest BCUT2D eigenvalue weighted by Crippen LogP contribution is 2.39. The van der Waals surface area contributed by atoms with Crippen LogP contribution in [0.5, 0.6) is 0 Å². The molecule has 0 spiro atoms. The van der Waals surface area contributed by atoms with Crippen LogP contribution in [0.3, 0.4) is 0 Å². The third kappa shape index (κ3) is 7.96. The number of hydrogen-bond acceptors (Lipinski definition) is 2. The Morgan fingerprint density at radius 1 is 0.619 bits per heavy atom. The Morgan fingerprint density at radius 2 is 1.05 bits per heavy atom. The maximum absolute atomic E-state index is 5.78. The predicted octanol–water partition coefficient (Wildman–Crippen LogP) is 10.4. The van der Waals surface area contributed by atoms with Gasteiger partial charge in [0.05, 0.1) is 5.69 Å². The number of amidine groups is 1. The van der Waals surface area contributed by atoms with Gasteiger partial charge in [0.2, 0.25) is 0 Å². The van der Waals surface area contributed by atoms with Crippen molar-refractivity contribution in [3.63, 3.8) is 0 Å². The largest absolute Gasteiger partial charge is 0.383 e. The minimum Gasteiger partial charge on any atom is -0.383 e. The van der Waals surface area contributed by atoms with Crippen LogP contribution in [-0.2, 0) is 0 Å². The first-order valence-corrected chi connectivity index (χ1v) is 20.4. The highest BCUT2D eigenvalue weighted by atomic mass is 28.4. The summed E-state index contributed by atoms with van der Waals surface area (Å²) in [5.74, 6) is 2.40. The minimum atomic E-state index is -1.83. The molecule has 0 saturated heterocycles. The number of hydrogen-bond donors (Lipinski definition) is 0. The van der Waals surface area contributed by atoms with Gasteiger partial charge in [0, 0.05) is 11.3 Å². The molecule has 0 heterocycles. The van der Waals surface area contributed by atoms with E-state index >= 15 is 0 Å². The zero-order valence-corrected chi connectivity index (χ0v) is 30.4. The molecular formula is C36H54N4Si2. The van der Waals surface area contributed by atoms with Crippen LogP contribution in [0.1, 0.15) is 107 Å². The van der Waals surface area contributed by atoms with Gasteiger partial charge in [-0.05, 0) is 60.0 Å². The molecule has 0 bridgehead atoms. The monoisotopic (exact) mass is 598 g/mol. The Labute approximate surface area is 259 Å². The molecule has 3 rings (SSSR count). The fraction of sp³-hybridized carbons (Fsp3) is 0.472. The maximum atomic E-state index is 5.78. The van der Waals surface area contributed by atoms with Crippen LogP contribution in [0.15, 0.2) is 76.0 Å². The average Bonchev–Trinajstić information content (AvgIpc) is 2.91. The lowest BCUT2D eigenvalue weighted by atomic mass is 9.92. The fourth-order valence-corrected chi connectivity index (χ4v) is 10.1. The van der Waals surface area contributed by atoms with Crippen molar-refractivity contribution in [1.29, 1.82) is 0 Å². The molecule has 0 aromatic heterocycles. The minimum absolute atomic E-state index is 0.352. The van der Waals surface area contributed by atoms with Crippen molar-refractivity contribution in [2.45, 2.75) is 98.7 Å². The Bertz CT molecular complexity index is 1350. The predicted molar refractivity (Wildman–Crippen MR) is 190 cm³/mol. The first kappa shape index (κ1) is 33.7. The first-order valence-electron chi connectivity index (χ1n) is 15.6. The zero-order valence-electron chi connectivity index (χ0n) is 28.4. The number of anilines is 1. The van der Waals surface area contributed by atoms with E-state index in [0.29, 0.717) is 23.7 Å². The zero-order chi connectivity index (χ0) is 31.4. The Hall–Kier alpha value is -2.84. The summed E-state index contributed by atoms with van der Waals surface area (Å²) in [4.78, 5) is 5.78. The summed E-state index contributed by atoms with van der Waals surface area (Å²) in [5.41, 5.74) is 8.78. The van der Waals surface area contributed by atoms with Crippen LogP contribution >= 0.6 is 0 Å². The number of nitrogens with zero attached hydrogens (tertiary/aromatic N) is 4. The molecule has 0 radical (unpaired) electrons. The van der Waals surface area contributed by atoms with Gasteiger partial charge in [-0.3, -0.25) is 0 Å². The van der Waals surface area contributed by atoms with E-state index in [-0.39, 0.29) is 0 Å². The van der Waals surface area contributed by atoms with Crippen molar-refractivity contribution in [3.8, 4) is 0 Å². The van der Waals surface area contributed by atoms with Gasteiger partial charge in [-0.1, -0.05) is 142 Å². The van der Waals surface area contributed by atoms with Gasteiger partial charge in [-0.25, -0.2) is 4.99 Å². The van der Waals surface area contributed by atoms with Gasteiger partial charge in [-0.2, -0.15) is 0 Å². The molecule has 226 valence electrons. The molecule has 0 N–H and O–H groups in total. The maximum Gasteiger partial charge on any atom is 0.369 e. The summed E-state index contributed by atoms with van der Waals surface area (Å²) in [6, 6.07) is 24.4. The number of benzene rings is 3. The molecule has 0 aliphatic rings. The molecule has 0 aliphatic carbocycles. The third-order valence-corrected chi connectivity index (χ3v) is 12.5. The lowest BCUT2D eigenvalue weighted by Crippen LogP contribution is -2.50. The second kappa shape index (κ2) is 14.1. The van der Waals surface area contributed by atoms with Gasteiger partial charge in [-0.15, -0.1) is 0 Å². The van der Waals surface area contributed by atoms with E-state index < -0.39 is 17.1 Å². The van der Waals surface area contributed by atoms with E-state index in [0.717, 1.165) is 17.1 Å². The van der Waals surface area contributed by atoms with Crippen molar-refractivity contribution in [1.82, 2.24) is 4.57 Å². The Balaban J connectivity index is 2.65. The molecule has 0 atom stereocenters. The van der Waals surface area contributed by atoms with Crippen LogP contribution in [-0.4, -0.2) is 41.6 Å². The van der Waals surface area contributed by atoms with Gasteiger partial charge in [0.25, 0.3) is 0 Å². The van der Waals surface area contributed by atoms with Crippen molar-refractivity contribution in [2.75, 3.05) is 18.7 Å². The van der Waals surface area contributed by atoms with Crippen LogP contribution < -0.4 is 4.57 Å². The van der Waals surface area contributed by atoms with Gasteiger partial charge >= 0.3 is 8.91 Å². The molecule has 42 heavy (non-hydrogen) atoms. The second-order valence-corrected chi connectivity index (χ2v) is 21.0. The highest BCUT2D eigenvalue weighted by molar-refractivity contribution is 6.80. The summed E-state index contributed by atoms with van der Waals surface area (Å²) in [6.45, 7) is 25.4.